The van der Waals surface area contributed by atoms with Crippen LogP contribution in [0.1, 0.15) is 57.6 Å². The maximum absolute atomic E-state index is 13.0. The summed E-state index contributed by atoms with van der Waals surface area (Å²) in [5.74, 6) is 0.629. The molecule has 0 saturated carbocycles. The molecule has 0 N–H and O–H groups in total. The molecule has 1 fully saturated rings. The molecule has 2 unspecified atom stereocenters. The van der Waals surface area contributed by atoms with Gasteiger partial charge in [0.15, 0.2) is 0 Å². The van der Waals surface area contributed by atoms with Crippen molar-refractivity contribution < 1.29 is 14.3 Å². The van der Waals surface area contributed by atoms with Crippen molar-refractivity contribution in [2.24, 2.45) is 5.92 Å². The van der Waals surface area contributed by atoms with E-state index >= 15 is 0 Å². The molecule has 1 aliphatic heterocycles. The van der Waals surface area contributed by atoms with Gasteiger partial charge in [-0.2, -0.15) is 0 Å². The molecular formula is C21H32N2O3. The molecule has 2 atom stereocenters. The zero-order chi connectivity index (χ0) is 19.1. The number of rotatable bonds is 9. The minimum atomic E-state index is -0.311. The van der Waals surface area contributed by atoms with Gasteiger partial charge in [-0.15, -0.1) is 0 Å². The second kappa shape index (κ2) is 9.60. The number of ether oxygens (including phenoxy) is 1. The van der Waals surface area contributed by atoms with E-state index in [-0.39, 0.29) is 23.8 Å². The summed E-state index contributed by atoms with van der Waals surface area (Å²) in [6.07, 6.45) is 4.30. The van der Waals surface area contributed by atoms with Crippen LogP contribution in [0.2, 0.25) is 0 Å². The molecule has 144 valence electrons. The Morgan fingerprint density at radius 3 is 2.42 bits per heavy atom. The smallest absolute Gasteiger partial charge is 0.228 e. The third-order valence-electron chi connectivity index (χ3n) is 5.18. The molecule has 0 spiro atoms. The van der Waals surface area contributed by atoms with E-state index in [2.05, 4.69) is 13.8 Å². The zero-order valence-electron chi connectivity index (χ0n) is 16.5. The van der Waals surface area contributed by atoms with Crippen LogP contribution in [-0.2, 0) is 9.59 Å². The maximum atomic E-state index is 13.0. The summed E-state index contributed by atoms with van der Waals surface area (Å²) >= 11 is 0. The fourth-order valence-corrected chi connectivity index (χ4v) is 3.61. The van der Waals surface area contributed by atoms with Crippen molar-refractivity contribution in [3.8, 4) is 5.75 Å². The van der Waals surface area contributed by atoms with Crippen molar-refractivity contribution in [2.75, 3.05) is 27.2 Å². The lowest BCUT2D eigenvalue weighted by Crippen LogP contribution is -2.37. The number of nitrogens with zero attached hydrogens (tertiary/aromatic N) is 2. The third kappa shape index (κ3) is 4.57. The van der Waals surface area contributed by atoms with E-state index in [1.807, 2.05) is 36.2 Å². The molecule has 1 heterocycles. The Morgan fingerprint density at radius 2 is 1.85 bits per heavy atom. The van der Waals surface area contributed by atoms with Gasteiger partial charge in [-0.05, 0) is 30.5 Å². The number of carbonyl (C=O) groups is 2. The summed E-state index contributed by atoms with van der Waals surface area (Å²) in [7, 11) is 3.49. The van der Waals surface area contributed by atoms with Crippen LogP contribution in [0.25, 0.3) is 0 Å². The van der Waals surface area contributed by atoms with E-state index in [0.717, 1.165) is 43.5 Å². The highest BCUT2D eigenvalue weighted by atomic mass is 16.5. The highest BCUT2D eigenvalue weighted by Gasteiger charge is 2.44. The summed E-state index contributed by atoms with van der Waals surface area (Å²) in [6.45, 7) is 5.67. The lowest BCUT2D eigenvalue weighted by atomic mass is 9.92. The first-order chi connectivity index (χ1) is 12.5. The number of benzene rings is 1. The number of amides is 2. The summed E-state index contributed by atoms with van der Waals surface area (Å²) in [4.78, 5) is 29.4. The van der Waals surface area contributed by atoms with E-state index in [4.69, 9.17) is 4.74 Å². The van der Waals surface area contributed by atoms with Crippen molar-refractivity contribution in [2.45, 2.75) is 52.0 Å². The highest BCUT2D eigenvalue weighted by Crippen LogP contribution is 2.39. The first-order valence-electron chi connectivity index (χ1n) is 9.71. The second-order valence-corrected chi connectivity index (χ2v) is 7.08. The molecule has 26 heavy (non-hydrogen) atoms. The van der Waals surface area contributed by atoms with E-state index < -0.39 is 0 Å². The Morgan fingerprint density at radius 1 is 1.19 bits per heavy atom. The number of hydrogen-bond donors (Lipinski definition) is 0. The van der Waals surface area contributed by atoms with E-state index in [1.54, 1.807) is 12.0 Å². The van der Waals surface area contributed by atoms with E-state index in [0.29, 0.717) is 13.0 Å². The number of likely N-dealkylation sites (tertiary alicyclic amines) is 1. The predicted octanol–water partition coefficient (Wildman–Crippen LogP) is 3.64. The summed E-state index contributed by atoms with van der Waals surface area (Å²) in [5, 5.41) is 0. The average Bonchev–Trinajstić information content (AvgIpc) is 2.99. The molecule has 2 amide bonds. The van der Waals surface area contributed by atoms with Crippen LogP contribution in [-0.4, -0.2) is 48.9 Å². The lowest BCUT2D eigenvalue weighted by molar-refractivity contribution is -0.135. The number of carbonyl (C=O) groups excluding carboxylic acids is 2. The van der Waals surface area contributed by atoms with Gasteiger partial charge in [-0.1, -0.05) is 38.8 Å². The Labute approximate surface area is 157 Å². The molecule has 0 aromatic heterocycles. The molecule has 5 heteroatoms. The van der Waals surface area contributed by atoms with Gasteiger partial charge in [0.05, 0.1) is 19.1 Å². The summed E-state index contributed by atoms with van der Waals surface area (Å²) in [5.41, 5.74) is 1.01. The first kappa shape index (κ1) is 20.3. The van der Waals surface area contributed by atoms with E-state index in [1.165, 1.54) is 0 Å². The van der Waals surface area contributed by atoms with Crippen LogP contribution in [0.3, 0.4) is 0 Å². The standard InChI is InChI=1S/C21H32N2O3/c1-5-7-13-22(3)21(25)18-15-19(24)23(14-8-6-2)20(18)16-9-11-17(26-4)12-10-16/h9-12,18,20H,5-8,13-15H2,1-4H3. The topological polar surface area (TPSA) is 49.9 Å². The van der Waals surface area contributed by atoms with Gasteiger partial charge >= 0.3 is 0 Å². The van der Waals surface area contributed by atoms with Crippen molar-refractivity contribution in [3.63, 3.8) is 0 Å². The van der Waals surface area contributed by atoms with Gasteiger partial charge in [0.1, 0.15) is 5.75 Å². The van der Waals surface area contributed by atoms with Gasteiger partial charge in [0.2, 0.25) is 11.8 Å². The molecule has 0 bridgehead atoms. The SMILES string of the molecule is CCCCN(C)C(=O)C1CC(=O)N(CCCC)C1c1ccc(OC)cc1. The number of unbranched alkanes of at least 4 members (excludes halogenated alkanes) is 2. The predicted molar refractivity (Wildman–Crippen MR) is 103 cm³/mol. The fourth-order valence-electron chi connectivity index (χ4n) is 3.61. The number of methoxy groups -OCH3 is 1. The minimum absolute atomic E-state index is 0.0756. The quantitative estimate of drug-likeness (QED) is 0.675. The minimum Gasteiger partial charge on any atom is -0.497 e. The molecule has 0 radical (unpaired) electrons. The molecule has 1 aromatic rings. The second-order valence-electron chi connectivity index (χ2n) is 7.08. The lowest BCUT2D eigenvalue weighted by Gasteiger charge is -2.30. The van der Waals surface area contributed by atoms with Gasteiger partial charge in [0, 0.05) is 26.6 Å². The van der Waals surface area contributed by atoms with Crippen LogP contribution in [0.5, 0.6) is 5.75 Å². The van der Waals surface area contributed by atoms with E-state index in [9.17, 15) is 9.59 Å². The monoisotopic (exact) mass is 360 g/mol. The van der Waals surface area contributed by atoms with Crippen molar-refractivity contribution in [1.29, 1.82) is 0 Å². The van der Waals surface area contributed by atoms with Crippen molar-refractivity contribution >= 4 is 11.8 Å². The molecule has 2 rings (SSSR count). The van der Waals surface area contributed by atoms with Gasteiger partial charge in [-0.25, -0.2) is 0 Å². The van der Waals surface area contributed by atoms with Crippen molar-refractivity contribution in [1.82, 2.24) is 9.80 Å². The Balaban J connectivity index is 2.28. The van der Waals surface area contributed by atoms with Gasteiger partial charge in [-0.3, -0.25) is 9.59 Å². The summed E-state index contributed by atoms with van der Waals surface area (Å²) in [6, 6.07) is 7.58. The Hall–Kier alpha value is -2.04. The molecule has 1 aliphatic rings. The van der Waals surface area contributed by atoms with Crippen LogP contribution in [0, 0.1) is 5.92 Å². The fraction of sp³-hybridized carbons (Fsp3) is 0.619. The summed E-state index contributed by atoms with van der Waals surface area (Å²) < 4.78 is 5.25. The third-order valence-corrected chi connectivity index (χ3v) is 5.18. The van der Waals surface area contributed by atoms with Crippen molar-refractivity contribution in [3.05, 3.63) is 29.8 Å². The molecule has 1 saturated heterocycles. The van der Waals surface area contributed by atoms with Crippen LogP contribution in [0.15, 0.2) is 24.3 Å². The zero-order valence-corrected chi connectivity index (χ0v) is 16.5. The largest absolute Gasteiger partial charge is 0.497 e. The molecular weight excluding hydrogens is 328 g/mol. The van der Waals surface area contributed by atoms with Crippen LogP contribution >= 0.6 is 0 Å². The molecule has 0 aliphatic carbocycles. The van der Waals surface area contributed by atoms with Crippen LogP contribution < -0.4 is 4.74 Å². The first-order valence-corrected chi connectivity index (χ1v) is 9.71. The molecule has 1 aromatic carbocycles. The highest BCUT2D eigenvalue weighted by molar-refractivity contribution is 5.90. The van der Waals surface area contributed by atoms with Gasteiger partial charge in [0.25, 0.3) is 0 Å². The average molecular weight is 360 g/mol. The number of hydrogen-bond acceptors (Lipinski definition) is 3. The van der Waals surface area contributed by atoms with Crippen LogP contribution in [0.4, 0.5) is 0 Å². The molecule has 5 nitrogen and oxygen atoms in total. The Kier molecular flexibility index (Phi) is 7.49. The van der Waals surface area contributed by atoms with Gasteiger partial charge < -0.3 is 14.5 Å². The normalized spacial score (nSPS) is 19.7. The maximum Gasteiger partial charge on any atom is 0.228 e. The Bertz CT molecular complexity index is 600.